The average molecular weight is 405 g/mol. The summed E-state index contributed by atoms with van der Waals surface area (Å²) in [6, 6.07) is 20.0. The number of carbonyl (C=O) groups is 1. The van der Waals surface area contributed by atoms with Gasteiger partial charge in [0.05, 0.1) is 11.3 Å². The van der Waals surface area contributed by atoms with Crippen molar-refractivity contribution in [3.05, 3.63) is 71.8 Å². The van der Waals surface area contributed by atoms with Crippen molar-refractivity contribution >= 4 is 23.5 Å². The van der Waals surface area contributed by atoms with Crippen molar-refractivity contribution in [3.8, 4) is 11.3 Å². The zero-order valence-electron chi connectivity index (χ0n) is 16.7. The van der Waals surface area contributed by atoms with Gasteiger partial charge in [0.15, 0.2) is 5.82 Å². The Labute approximate surface area is 175 Å². The lowest BCUT2D eigenvalue weighted by atomic mass is 10.1. The highest BCUT2D eigenvalue weighted by molar-refractivity contribution is 7.98. The summed E-state index contributed by atoms with van der Waals surface area (Å²) in [6.07, 6.45) is 2.00. The molecule has 1 amide bonds. The van der Waals surface area contributed by atoms with Crippen LogP contribution in [0.2, 0.25) is 0 Å². The SMILES string of the molecule is CSc1ccccc1C(=O)N1CCN(c2ccc(-c3ccccc3C)nn2)CC1. The standard InChI is InChI=1S/C23H24N4OS/c1-17-7-3-4-8-18(17)20-11-12-22(25-24-20)26-13-15-27(16-14-26)23(28)19-9-5-6-10-21(19)29-2/h3-12H,13-16H2,1-2H3. The molecule has 148 valence electrons. The van der Waals surface area contributed by atoms with E-state index in [4.69, 9.17) is 0 Å². The number of amides is 1. The van der Waals surface area contributed by atoms with Crippen molar-refractivity contribution in [1.82, 2.24) is 15.1 Å². The van der Waals surface area contributed by atoms with Gasteiger partial charge in [-0.25, -0.2) is 0 Å². The van der Waals surface area contributed by atoms with Crippen molar-refractivity contribution in [3.63, 3.8) is 0 Å². The first-order valence-corrected chi connectivity index (χ1v) is 11.0. The van der Waals surface area contributed by atoms with E-state index in [9.17, 15) is 4.79 Å². The molecule has 2 aromatic carbocycles. The number of hydrogen-bond donors (Lipinski definition) is 0. The normalized spacial score (nSPS) is 14.1. The highest BCUT2D eigenvalue weighted by Gasteiger charge is 2.24. The minimum absolute atomic E-state index is 0.107. The van der Waals surface area contributed by atoms with Crippen LogP contribution in [0.3, 0.4) is 0 Å². The van der Waals surface area contributed by atoms with Gasteiger partial charge in [-0.15, -0.1) is 22.0 Å². The molecule has 0 radical (unpaired) electrons. The second-order valence-electron chi connectivity index (χ2n) is 7.07. The topological polar surface area (TPSA) is 49.3 Å². The first kappa shape index (κ1) is 19.5. The molecule has 29 heavy (non-hydrogen) atoms. The van der Waals surface area contributed by atoms with E-state index in [-0.39, 0.29) is 5.91 Å². The third-order valence-corrected chi connectivity index (χ3v) is 6.10. The first-order valence-electron chi connectivity index (χ1n) is 9.74. The van der Waals surface area contributed by atoms with Crippen molar-refractivity contribution in [2.45, 2.75) is 11.8 Å². The summed E-state index contributed by atoms with van der Waals surface area (Å²) < 4.78 is 0. The van der Waals surface area contributed by atoms with E-state index < -0.39 is 0 Å². The predicted molar refractivity (Wildman–Crippen MR) is 119 cm³/mol. The lowest BCUT2D eigenvalue weighted by Gasteiger charge is -2.35. The maximum absolute atomic E-state index is 12.9. The molecule has 1 saturated heterocycles. The van der Waals surface area contributed by atoms with Crippen molar-refractivity contribution < 1.29 is 4.79 Å². The quantitative estimate of drug-likeness (QED) is 0.612. The molecule has 1 aliphatic rings. The molecule has 0 aliphatic carbocycles. The minimum atomic E-state index is 0.107. The molecule has 3 aromatic rings. The Kier molecular flexibility index (Phi) is 5.81. The molecular formula is C23H24N4OS. The molecule has 0 bridgehead atoms. The van der Waals surface area contributed by atoms with E-state index in [1.165, 1.54) is 5.56 Å². The zero-order valence-corrected chi connectivity index (χ0v) is 17.5. The first-order chi connectivity index (χ1) is 14.2. The lowest BCUT2D eigenvalue weighted by Crippen LogP contribution is -2.49. The van der Waals surface area contributed by atoms with Crippen LogP contribution in [0.4, 0.5) is 5.82 Å². The Hall–Kier alpha value is -2.86. The Morgan fingerprint density at radius 3 is 2.31 bits per heavy atom. The fourth-order valence-corrected chi connectivity index (χ4v) is 4.22. The number of benzene rings is 2. The van der Waals surface area contributed by atoms with Crippen molar-refractivity contribution in [2.75, 3.05) is 37.3 Å². The molecule has 0 saturated carbocycles. The third kappa shape index (κ3) is 4.12. The Bertz CT molecular complexity index is 998. The Morgan fingerprint density at radius 1 is 0.897 bits per heavy atom. The fraction of sp³-hybridized carbons (Fsp3) is 0.261. The molecule has 1 fully saturated rings. The van der Waals surface area contributed by atoms with Gasteiger partial charge in [0.2, 0.25) is 0 Å². The molecule has 0 atom stereocenters. The van der Waals surface area contributed by atoms with E-state index in [0.717, 1.165) is 40.6 Å². The van der Waals surface area contributed by atoms with Crippen molar-refractivity contribution in [2.24, 2.45) is 0 Å². The van der Waals surface area contributed by atoms with Crippen LogP contribution in [0.25, 0.3) is 11.3 Å². The second kappa shape index (κ2) is 8.66. The zero-order chi connectivity index (χ0) is 20.2. The Balaban J connectivity index is 1.42. The number of aromatic nitrogens is 2. The van der Waals surface area contributed by atoms with Crippen LogP contribution >= 0.6 is 11.8 Å². The van der Waals surface area contributed by atoms with Gasteiger partial charge in [-0.2, -0.15) is 0 Å². The largest absolute Gasteiger partial charge is 0.352 e. The van der Waals surface area contributed by atoms with Gasteiger partial charge < -0.3 is 9.80 Å². The van der Waals surface area contributed by atoms with Gasteiger partial charge in [-0.05, 0) is 43.0 Å². The summed E-state index contributed by atoms with van der Waals surface area (Å²) in [5, 5.41) is 8.88. The van der Waals surface area contributed by atoms with E-state index in [1.54, 1.807) is 11.8 Å². The van der Waals surface area contributed by atoms with E-state index in [0.29, 0.717) is 13.1 Å². The second-order valence-corrected chi connectivity index (χ2v) is 7.92. The average Bonchev–Trinajstić information content (AvgIpc) is 2.79. The maximum Gasteiger partial charge on any atom is 0.255 e. The van der Waals surface area contributed by atoms with Crippen LogP contribution in [0.1, 0.15) is 15.9 Å². The molecule has 4 rings (SSSR count). The van der Waals surface area contributed by atoms with E-state index in [2.05, 4.69) is 34.2 Å². The number of aryl methyl sites for hydroxylation is 1. The van der Waals surface area contributed by atoms with Crippen LogP contribution in [-0.4, -0.2) is 53.4 Å². The molecule has 0 spiro atoms. The predicted octanol–water partition coefficient (Wildman–Crippen LogP) is 4.14. The summed E-state index contributed by atoms with van der Waals surface area (Å²) >= 11 is 1.61. The van der Waals surface area contributed by atoms with Crippen LogP contribution < -0.4 is 4.90 Å². The maximum atomic E-state index is 12.9. The number of rotatable bonds is 4. The van der Waals surface area contributed by atoms with Gasteiger partial charge in [-0.3, -0.25) is 4.79 Å². The number of hydrogen-bond acceptors (Lipinski definition) is 5. The number of piperazine rings is 1. The molecule has 6 heteroatoms. The third-order valence-electron chi connectivity index (χ3n) is 5.30. The number of carbonyl (C=O) groups excluding carboxylic acids is 1. The fourth-order valence-electron chi connectivity index (χ4n) is 3.63. The molecule has 1 aliphatic heterocycles. The monoisotopic (exact) mass is 404 g/mol. The highest BCUT2D eigenvalue weighted by Crippen LogP contribution is 2.24. The molecule has 2 heterocycles. The number of anilines is 1. The molecular weight excluding hydrogens is 380 g/mol. The van der Waals surface area contributed by atoms with Crippen LogP contribution in [0.15, 0.2) is 65.6 Å². The minimum Gasteiger partial charge on any atom is -0.352 e. The number of thioether (sulfide) groups is 1. The molecule has 1 aromatic heterocycles. The molecule has 0 N–H and O–H groups in total. The van der Waals surface area contributed by atoms with Gasteiger partial charge in [0, 0.05) is 36.6 Å². The van der Waals surface area contributed by atoms with Gasteiger partial charge >= 0.3 is 0 Å². The molecule has 0 unspecified atom stereocenters. The summed E-state index contributed by atoms with van der Waals surface area (Å²) in [6.45, 7) is 4.96. The number of nitrogens with zero attached hydrogens (tertiary/aromatic N) is 4. The summed E-state index contributed by atoms with van der Waals surface area (Å²) in [7, 11) is 0. The Morgan fingerprint density at radius 2 is 1.62 bits per heavy atom. The smallest absolute Gasteiger partial charge is 0.255 e. The van der Waals surface area contributed by atoms with Gasteiger partial charge in [0.1, 0.15) is 0 Å². The van der Waals surface area contributed by atoms with E-state index in [1.807, 2.05) is 59.7 Å². The van der Waals surface area contributed by atoms with Crippen molar-refractivity contribution in [1.29, 1.82) is 0 Å². The van der Waals surface area contributed by atoms with Gasteiger partial charge in [-0.1, -0.05) is 36.4 Å². The van der Waals surface area contributed by atoms with Crippen LogP contribution in [-0.2, 0) is 0 Å². The lowest BCUT2D eigenvalue weighted by molar-refractivity contribution is 0.0743. The van der Waals surface area contributed by atoms with E-state index >= 15 is 0 Å². The summed E-state index contributed by atoms with van der Waals surface area (Å²) in [5.74, 6) is 0.967. The molecule has 5 nitrogen and oxygen atoms in total. The van der Waals surface area contributed by atoms with Gasteiger partial charge in [0.25, 0.3) is 5.91 Å². The van der Waals surface area contributed by atoms with Crippen LogP contribution in [0, 0.1) is 6.92 Å². The summed E-state index contributed by atoms with van der Waals surface area (Å²) in [5.41, 5.74) is 3.96. The highest BCUT2D eigenvalue weighted by atomic mass is 32.2. The summed E-state index contributed by atoms with van der Waals surface area (Å²) in [4.78, 5) is 18.1. The van der Waals surface area contributed by atoms with Crippen LogP contribution in [0.5, 0.6) is 0 Å².